The van der Waals surface area contributed by atoms with Crippen molar-refractivity contribution in [2.45, 2.75) is 18.9 Å². The standard InChI is InChI=1S/C10H12N2O4/c1-15-9(13)6(5-11)7-3-4-8(12-7)10(14)16-2/h8,12H,3-4H2,1-2H3/b7-6-/t8-/m0/s1. The Kier molecular flexibility index (Phi) is 3.89. The van der Waals surface area contributed by atoms with Crippen molar-refractivity contribution < 1.29 is 19.1 Å². The van der Waals surface area contributed by atoms with Gasteiger partial charge in [0.15, 0.2) is 5.57 Å². The lowest BCUT2D eigenvalue weighted by Crippen LogP contribution is -2.31. The van der Waals surface area contributed by atoms with Crippen LogP contribution in [-0.2, 0) is 19.1 Å². The van der Waals surface area contributed by atoms with Gasteiger partial charge in [-0.1, -0.05) is 0 Å². The molecule has 0 bridgehead atoms. The van der Waals surface area contributed by atoms with Gasteiger partial charge in [-0.2, -0.15) is 5.26 Å². The van der Waals surface area contributed by atoms with Crippen molar-refractivity contribution in [2.75, 3.05) is 14.2 Å². The van der Waals surface area contributed by atoms with Crippen molar-refractivity contribution in [1.29, 1.82) is 5.26 Å². The van der Waals surface area contributed by atoms with Crippen LogP contribution in [0.1, 0.15) is 12.8 Å². The zero-order valence-corrected chi connectivity index (χ0v) is 9.07. The molecule has 1 fully saturated rings. The first-order chi connectivity index (χ1) is 7.63. The van der Waals surface area contributed by atoms with E-state index in [0.29, 0.717) is 18.5 Å². The molecule has 1 heterocycles. The Bertz CT molecular complexity index is 381. The SMILES string of the molecule is COC(=O)/C(C#N)=C1/CC[C@@H](C(=O)OC)N1. The fourth-order valence-electron chi connectivity index (χ4n) is 1.50. The Labute approximate surface area is 92.8 Å². The van der Waals surface area contributed by atoms with Crippen LogP contribution < -0.4 is 5.32 Å². The molecule has 0 amide bonds. The second-order valence-electron chi connectivity index (χ2n) is 3.22. The number of methoxy groups -OCH3 is 2. The van der Waals surface area contributed by atoms with E-state index in [1.165, 1.54) is 14.2 Å². The number of allylic oxidation sites excluding steroid dienone is 1. The van der Waals surface area contributed by atoms with Crippen LogP contribution in [-0.4, -0.2) is 32.2 Å². The summed E-state index contributed by atoms with van der Waals surface area (Å²) < 4.78 is 9.02. The Morgan fingerprint density at radius 1 is 1.44 bits per heavy atom. The van der Waals surface area contributed by atoms with Gasteiger partial charge in [-0.05, 0) is 12.8 Å². The quantitative estimate of drug-likeness (QED) is 0.399. The molecule has 0 aromatic heterocycles. The molecule has 0 aromatic carbocycles. The first-order valence-corrected chi connectivity index (χ1v) is 4.70. The Morgan fingerprint density at radius 3 is 2.62 bits per heavy atom. The minimum Gasteiger partial charge on any atom is -0.467 e. The van der Waals surface area contributed by atoms with Crippen LogP contribution in [0.25, 0.3) is 0 Å². The Hall–Kier alpha value is -2.03. The molecule has 1 aliphatic heterocycles. The maximum atomic E-state index is 11.2. The van der Waals surface area contributed by atoms with E-state index < -0.39 is 18.0 Å². The molecule has 0 aromatic rings. The summed E-state index contributed by atoms with van der Waals surface area (Å²) >= 11 is 0. The summed E-state index contributed by atoms with van der Waals surface area (Å²) in [7, 11) is 2.49. The fraction of sp³-hybridized carbons (Fsp3) is 0.500. The average molecular weight is 224 g/mol. The molecule has 6 heteroatoms. The topological polar surface area (TPSA) is 88.4 Å². The van der Waals surface area contributed by atoms with Gasteiger partial charge >= 0.3 is 11.9 Å². The molecule has 0 spiro atoms. The molecule has 1 rings (SSSR count). The number of carbonyl (C=O) groups is 2. The van der Waals surface area contributed by atoms with E-state index in [2.05, 4.69) is 14.8 Å². The minimum atomic E-state index is -0.699. The highest BCUT2D eigenvalue weighted by Crippen LogP contribution is 2.20. The minimum absolute atomic E-state index is 0.0890. The molecule has 1 saturated heterocycles. The van der Waals surface area contributed by atoms with Crippen molar-refractivity contribution in [3.8, 4) is 6.07 Å². The normalized spacial score (nSPS) is 21.7. The third-order valence-electron chi connectivity index (χ3n) is 2.32. The van der Waals surface area contributed by atoms with Gasteiger partial charge in [0.2, 0.25) is 0 Å². The fourth-order valence-corrected chi connectivity index (χ4v) is 1.50. The summed E-state index contributed by atoms with van der Waals surface area (Å²) in [5, 5.41) is 11.6. The van der Waals surface area contributed by atoms with Crippen LogP contribution in [0.2, 0.25) is 0 Å². The Morgan fingerprint density at radius 2 is 2.12 bits per heavy atom. The largest absolute Gasteiger partial charge is 0.467 e. The number of rotatable bonds is 2. The third-order valence-corrected chi connectivity index (χ3v) is 2.32. The predicted molar refractivity (Wildman–Crippen MR) is 52.8 cm³/mol. The molecule has 86 valence electrons. The molecule has 1 N–H and O–H groups in total. The van der Waals surface area contributed by atoms with Gasteiger partial charge in [-0.15, -0.1) is 0 Å². The summed E-state index contributed by atoms with van der Waals surface area (Å²) in [6, 6.07) is 1.27. The number of nitrogens with one attached hydrogen (secondary N) is 1. The summed E-state index contributed by atoms with van der Waals surface area (Å²) in [4.78, 5) is 22.4. The molecule has 0 unspecified atom stereocenters. The van der Waals surface area contributed by atoms with Gasteiger partial charge in [0.1, 0.15) is 12.1 Å². The lowest BCUT2D eigenvalue weighted by Gasteiger charge is -2.08. The van der Waals surface area contributed by atoms with Crippen molar-refractivity contribution in [2.24, 2.45) is 0 Å². The molecule has 16 heavy (non-hydrogen) atoms. The van der Waals surface area contributed by atoms with Crippen LogP contribution in [0.4, 0.5) is 0 Å². The molecular weight excluding hydrogens is 212 g/mol. The predicted octanol–water partition coefficient (Wildman–Crippen LogP) is -0.138. The number of nitrogens with zero attached hydrogens (tertiary/aromatic N) is 1. The van der Waals surface area contributed by atoms with E-state index in [4.69, 9.17) is 5.26 Å². The highest BCUT2D eigenvalue weighted by Gasteiger charge is 2.29. The van der Waals surface area contributed by atoms with Crippen molar-refractivity contribution in [3.05, 3.63) is 11.3 Å². The first kappa shape index (κ1) is 12.0. The second-order valence-corrected chi connectivity index (χ2v) is 3.22. The van der Waals surface area contributed by atoms with Gasteiger partial charge in [-0.25, -0.2) is 9.59 Å². The summed E-state index contributed by atoms with van der Waals surface area (Å²) in [6.07, 6.45) is 0.960. The summed E-state index contributed by atoms with van der Waals surface area (Å²) in [6.45, 7) is 0. The van der Waals surface area contributed by atoms with Crippen LogP contribution >= 0.6 is 0 Å². The molecule has 0 saturated carbocycles. The summed E-state index contributed by atoms with van der Waals surface area (Å²) in [5.41, 5.74) is 0.346. The van der Waals surface area contributed by atoms with E-state index in [9.17, 15) is 9.59 Å². The Balaban J connectivity index is 2.84. The summed E-state index contributed by atoms with van der Waals surface area (Å²) in [5.74, 6) is -1.10. The number of hydrogen-bond acceptors (Lipinski definition) is 6. The molecule has 0 radical (unpaired) electrons. The number of esters is 2. The molecule has 0 aliphatic carbocycles. The van der Waals surface area contributed by atoms with Gasteiger partial charge in [0.05, 0.1) is 14.2 Å². The zero-order valence-electron chi connectivity index (χ0n) is 9.07. The van der Waals surface area contributed by atoms with Gasteiger partial charge < -0.3 is 14.8 Å². The number of hydrogen-bond donors (Lipinski definition) is 1. The van der Waals surface area contributed by atoms with Crippen molar-refractivity contribution in [1.82, 2.24) is 5.32 Å². The molecular formula is C10H12N2O4. The molecule has 6 nitrogen and oxygen atoms in total. The second kappa shape index (κ2) is 5.16. The van der Waals surface area contributed by atoms with E-state index >= 15 is 0 Å². The van der Waals surface area contributed by atoms with E-state index in [-0.39, 0.29) is 5.57 Å². The van der Waals surface area contributed by atoms with E-state index in [1.54, 1.807) is 6.07 Å². The van der Waals surface area contributed by atoms with Gasteiger partial charge in [-0.3, -0.25) is 0 Å². The zero-order chi connectivity index (χ0) is 12.1. The third kappa shape index (κ3) is 2.31. The smallest absolute Gasteiger partial charge is 0.350 e. The lowest BCUT2D eigenvalue weighted by atomic mass is 10.2. The number of carbonyl (C=O) groups excluding carboxylic acids is 2. The van der Waals surface area contributed by atoms with Crippen LogP contribution in [0.5, 0.6) is 0 Å². The highest BCUT2D eigenvalue weighted by molar-refractivity contribution is 5.93. The highest BCUT2D eigenvalue weighted by atomic mass is 16.5. The van der Waals surface area contributed by atoms with Crippen LogP contribution in [0.3, 0.4) is 0 Å². The number of nitriles is 1. The van der Waals surface area contributed by atoms with Gasteiger partial charge in [0, 0.05) is 5.70 Å². The van der Waals surface area contributed by atoms with Crippen LogP contribution in [0, 0.1) is 11.3 Å². The lowest BCUT2D eigenvalue weighted by molar-refractivity contribution is -0.142. The maximum absolute atomic E-state index is 11.2. The van der Waals surface area contributed by atoms with Crippen molar-refractivity contribution >= 4 is 11.9 Å². The maximum Gasteiger partial charge on any atom is 0.350 e. The molecule has 1 aliphatic rings. The van der Waals surface area contributed by atoms with E-state index in [0.717, 1.165) is 0 Å². The number of ether oxygens (including phenoxy) is 2. The van der Waals surface area contributed by atoms with Crippen molar-refractivity contribution in [3.63, 3.8) is 0 Å². The average Bonchev–Trinajstić information content (AvgIpc) is 2.78. The first-order valence-electron chi connectivity index (χ1n) is 4.70. The monoisotopic (exact) mass is 224 g/mol. The van der Waals surface area contributed by atoms with Gasteiger partial charge in [0.25, 0.3) is 0 Å². The van der Waals surface area contributed by atoms with E-state index in [1.807, 2.05) is 0 Å². The molecule has 1 atom stereocenters. The van der Waals surface area contributed by atoms with Crippen LogP contribution in [0.15, 0.2) is 11.3 Å².